The molecule has 2 atom stereocenters. The van der Waals surface area contributed by atoms with Crippen molar-refractivity contribution in [1.29, 1.82) is 0 Å². The maximum Gasteiger partial charge on any atom is 0.237 e. The van der Waals surface area contributed by atoms with Crippen molar-refractivity contribution in [2.24, 2.45) is 0 Å². The van der Waals surface area contributed by atoms with E-state index >= 15 is 0 Å². The fourth-order valence-corrected chi connectivity index (χ4v) is 3.82. The van der Waals surface area contributed by atoms with Crippen LogP contribution in [0.1, 0.15) is 45.6 Å². The lowest BCUT2D eigenvalue weighted by Crippen LogP contribution is -2.23. The summed E-state index contributed by atoms with van der Waals surface area (Å²) in [5.74, 6) is 0.962. The molecule has 1 heterocycles. The molecular formula is C22H27N5O2S. The van der Waals surface area contributed by atoms with Crippen molar-refractivity contribution < 1.29 is 9.53 Å². The highest BCUT2D eigenvalue weighted by Crippen LogP contribution is 2.30. The minimum atomic E-state index is -0.390. The standard InChI is InChI=1S/C22H27N5O2S/c1-5-15(3)17-11-7-8-12-18(17)23-21(28)16(4)30-22-24-25-26-27(22)19-13-9-10-14-20(19)29-6-2/h7-16H,5-6H2,1-4H3,(H,23,28). The molecule has 2 unspecified atom stereocenters. The van der Waals surface area contributed by atoms with E-state index in [4.69, 9.17) is 4.74 Å². The molecule has 8 heteroatoms. The van der Waals surface area contributed by atoms with Crippen LogP contribution >= 0.6 is 11.8 Å². The Labute approximate surface area is 181 Å². The van der Waals surface area contributed by atoms with Gasteiger partial charge in [0, 0.05) is 5.69 Å². The fraction of sp³-hybridized carbons (Fsp3) is 0.364. The maximum absolute atomic E-state index is 12.9. The Hall–Kier alpha value is -2.87. The summed E-state index contributed by atoms with van der Waals surface area (Å²) >= 11 is 1.31. The lowest BCUT2D eigenvalue weighted by molar-refractivity contribution is -0.115. The van der Waals surface area contributed by atoms with E-state index < -0.39 is 0 Å². The van der Waals surface area contributed by atoms with Crippen molar-refractivity contribution in [3.63, 3.8) is 0 Å². The molecule has 0 aliphatic heterocycles. The zero-order valence-corrected chi connectivity index (χ0v) is 18.5. The zero-order valence-electron chi connectivity index (χ0n) is 17.7. The molecule has 3 rings (SSSR count). The second-order valence-electron chi connectivity index (χ2n) is 6.92. The molecule has 3 aromatic rings. The van der Waals surface area contributed by atoms with Crippen LogP contribution in [0.4, 0.5) is 5.69 Å². The molecule has 0 saturated heterocycles. The molecule has 158 valence electrons. The zero-order chi connectivity index (χ0) is 21.5. The monoisotopic (exact) mass is 425 g/mol. The van der Waals surface area contributed by atoms with Crippen LogP contribution in [0.15, 0.2) is 53.7 Å². The first-order valence-corrected chi connectivity index (χ1v) is 11.0. The molecule has 1 amide bonds. The van der Waals surface area contributed by atoms with E-state index in [0.29, 0.717) is 23.4 Å². The van der Waals surface area contributed by atoms with E-state index in [1.807, 2.05) is 56.3 Å². The van der Waals surface area contributed by atoms with Crippen molar-refractivity contribution in [2.45, 2.75) is 50.4 Å². The van der Waals surface area contributed by atoms with E-state index in [1.165, 1.54) is 11.8 Å². The number of tetrazole rings is 1. The fourth-order valence-electron chi connectivity index (χ4n) is 3.02. The third-order valence-electron chi connectivity index (χ3n) is 4.85. The van der Waals surface area contributed by atoms with Gasteiger partial charge in [-0.05, 0) is 60.4 Å². The summed E-state index contributed by atoms with van der Waals surface area (Å²) in [5.41, 5.74) is 2.73. The first kappa shape index (κ1) is 21.8. The summed E-state index contributed by atoms with van der Waals surface area (Å²) in [6.45, 7) is 8.61. The average molecular weight is 426 g/mol. The Balaban J connectivity index is 1.76. The van der Waals surface area contributed by atoms with E-state index in [0.717, 1.165) is 23.4 Å². The SMILES string of the molecule is CCOc1ccccc1-n1nnnc1SC(C)C(=O)Nc1ccccc1C(C)CC. The number of anilines is 1. The smallest absolute Gasteiger partial charge is 0.237 e. The van der Waals surface area contributed by atoms with Crippen LogP contribution in [0.5, 0.6) is 5.75 Å². The van der Waals surface area contributed by atoms with Gasteiger partial charge in [-0.1, -0.05) is 55.9 Å². The largest absolute Gasteiger partial charge is 0.492 e. The lowest BCUT2D eigenvalue weighted by atomic mass is 9.97. The number of ether oxygens (including phenoxy) is 1. The molecule has 0 saturated carbocycles. The summed E-state index contributed by atoms with van der Waals surface area (Å²) < 4.78 is 7.29. The topological polar surface area (TPSA) is 81.9 Å². The maximum atomic E-state index is 12.9. The molecule has 30 heavy (non-hydrogen) atoms. The molecule has 0 aliphatic rings. The van der Waals surface area contributed by atoms with Crippen molar-refractivity contribution in [3.05, 3.63) is 54.1 Å². The number of carbonyl (C=O) groups excluding carboxylic acids is 1. The van der Waals surface area contributed by atoms with E-state index in [9.17, 15) is 4.79 Å². The molecule has 0 radical (unpaired) electrons. The number of nitrogens with zero attached hydrogens (tertiary/aromatic N) is 4. The summed E-state index contributed by atoms with van der Waals surface area (Å²) in [7, 11) is 0. The number of rotatable bonds is 9. The average Bonchev–Trinajstić information content (AvgIpc) is 3.22. The number of para-hydroxylation sites is 3. The predicted molar refractivity (Wildman–Crippen MR) is 119 cm³/mol. The third-order valence-corrected chi connectivity index (χ3v) is 5.88. The van der Waals surface area contributed by atoms with Gasteiger partial charge >= 0.3 is 0 Å². The van der Waals surface area contributed by atoms with Gasteiger partial charge in [0.05, 0.1) is 11.9 Å². The van der Waals surface area contributed by atoms with Crippen molar-refractivity contribution in [1.82, 2.24) is 20.2 Å². The second kappa shape index (κ2) is 10.2. The van der Waals surface area contributed by atoms with Crippen LogP contribution in [0.2, 0.25) is 0 Å². The third kappa shape index (κ3) is 4.99. The minimum absolute atomic E-state index is 0.0941. The Morgan fingerprint density at radius 1 is 1.13 bits per heavy atom. The van der Waals surface area contributed by atoms with Crippen LogP contribution in [0.3, 0.4) is 0 Å². The first-order chi connectivity index (χ1) is 14.5. The van der Waals surface area contributed by atoms with Crippen LogP contribution in [0, 0.1) is 0 Å². The van der Waals surface area contributed by atoms with Crippen LogP contribution in [0.25, 0.3) is 5.69 Å². The Morgan fingerprint density at radius 2 is 1.87 bits per heavy atom. The number of thioether (sulfide) groups is 1. The molecule has 1 N–H and O–H groups in total. The van der Waals surface area contributed by atoms with Crippen molar-refractivity contribution >= 4 is 23.4 Å². The number of hydrogen-bond acceptors (Lipinski definition) is 6. The molecular weight excluding hydrogens is 398 g/mol. The number of amides is 1. The molecule has 7 nitrogen and oxygen atoms in total. The van der Waals surface area contributed by atoms with Crippen LogP contribution in [-0.4, -0.2) is 38.0 Å². The van der Waals surface area contributed by atoms with Crippen molar-refractivity contribution in [2.75, 3.05) is 11.9 Å². The Morgan fingerprint density at radius 3 is 2.63 bits per heavy atom. The molecule has 1 aromatic heterocycles. The van der Waals surface area contributed by atoms with E-state index in [-0.39, 0.29) is 11.2 Å². The molecule has 0 aliphatic carbocycles. The van der Waals surface area contributed by atoms with E-state index in [2.05, 4.69) is 40.8 Å². The summed E-state index contributed by atoms with van der Waals surface area (Å²) in [5, 5.41) is 15.2. The number of aromatic nitrogens is 4. The van der Waals surface area contributed by atoms with Crippen LogP contribution in [-0.2, 0) is 4.79 Å². The lowest BCUT2D eigenvalue weighted by Gasteiger charge is -2.17. The second-order valence-corrected chi connectivity index (χ2v) is 8.23. The van der Waals surface area contributed by atoms with Gasteiger partial charge in [-0.2, -0.15) is 4.68 Å². The number of nitrogens with one attached hydrogen (secondary N) is 1. The van der Waals surface area contributed by atoms with Gasteiger partial charge in [-0.15, -0.1) is 5.10 Å². The summed E-state index contributed by atoms with van der Waals surface area (Å²) in [6.07, 6.45) is 1.01. The van der Waals surface area contributed by atoms with Gasteiger partial charge < -0.3 is 10.1 Å². The molecule has 0 spiro atoms. The van der Waals surface area contributed by atoms with Crippen molar-refractivity contribution in [3.8, 4) is 11.4 Å². The van der Waals surface area contributed by atoms with E-state index in [1.54, 1.807) is 4.68 Å². The quantitative estimate of drug-likeness (QED) is 0.501. The van der Waals surface area contributed by atoms with Gasteiger partial charge in [0.1, 0.15) is 11.4 Å². The number of carbonyl (C=O) groups is 1. The normalized spacial score (nSPS) is 12.9. The minimum Gasteiger partial charge on any atom is -0.492 e. The summed E-state index contributed by atoms with van der Waals surface area (Å²) in [4.78, 5) is 12.9. The Kier molecular flexibility index (Phi) is 7.46. The molecule has 0 fully saturated rings. The highest BCUT2D eigenvalue weighted by molar-refractivity contribution is 8.00. The predicted octanol–water partition coefficient (Wildman–Crippen LogP) is 4.69. The highest BCUT2D eigenvalue weighted by Gasteiger charge is 2.21. The Bertz CT molecular complexity index is 991. The van der Waals surface area contributed by atoms with Gasteiger partial charge in [0.25, 0.3) is 0 Å². The van der Waals surface area contributed by atoms with Gasteiger partial charge in [-0.25, -0.2) is 0 Å². The van der Waals surface area contributed by atoms with Gasteiger partial charge in [-0.3, -0.25) is 4.79 Å². The first-order valence-electron chi connectivity index (χ1n) is 10.1. The number of benzene rings is 2. The molecule has 0 bridgehead atoms. The molecule has 2 aromatic carbocycles. The van der Waals surface area contributed by atoms with Crippen LogP contribution < -0.4 is 10.1 Å². The highest BCUT2D eigenvalue weighted by atomic mass is 32.2. The summed E-state index contributed by atoms with van der Waals surface area (Å²) in [6, 6.07) is 15.5. The number of hydrogen-bond donors (Lipinski definition) is 1. The van der Waals surface area contributed by atoms with Gasteiger partial charge in [0.2, 0.25) is 11.1 Å². The van der Waals surface area contributed by atoms with Gasteiger partial charge in [0.15, 0.2) is 0 Å².